The molecule has 1 unspecified atom stereocenters. The predicted molar refractivity (Wildman–Crippen MR) is 167 cm³/mol. The van der Waals surface area contributed by atoms with Crippen molar-refractivity contribution in [3.63, 3.8) is 0 Å². The highest BCUT2D eigenvalue weighted by Crippen LogP contribution is 2.57. The molecule has 248 valence electrons. The van der Waals surface area contributed by atoms with Crippen LogP contribution in [0.2, 0.25) is 0 Å². The van der Waals surface area contributed by atoms with Gasteiger partial charge in [0.15, 0.2) is 11.6 Å². The van der Waals surface area contributed by atoms with Gasteiger partial charge in [-0.05, 0) is 65.7 Å². The zero-order valence-electron chi connectivity index (χ0n) is 26.5. The number of phenols is 1. The molecule has 1 aromatic rings. The number of esters is 2. The van der Waals surface area contributed by atoms with Gasteiger partial charge >= 0.3 is 11.9 Å². The first-order valence-electron chi connectivity index (χ1n) is 15.3. The number of fused-ring (bicyclic) bond motifs is 2. The number of halogens is 2. The second kappa shape index (κ2) is 13.4. The minimum atomic E-state index is -1.89. The third-order valence-corrected chi connectivity index (χ3v) is 11.2. The monoisotopic (exact) mass is 748 g/mol. The maximum atomic E-state index is 13.2. The summed E-state index contributed by atoms with van der Waals surface area (Å²) in [7, 11) is 1.63. The van der Waals surface area contributed by atoms with E-state index in [1.807, 2.05) is 27.7 Å². The van der Waals surface area contributed by atoms with Gasteiger partial charge < -0.3 is 39.0 Å². The van der Waals surface area contributed by atoms with E-state index in [1.165, 1.54) is 6.92 Å². The Kier molecular flexibility index (Phi) is 10.9. The average molecular weight is 751 g/mol. The lowest BCUT2D eigenvalue weighted by atomic mass is 9.66. The second-order valence-corrected chi connectivity index (χ2v) is 15.3. The van der Waals surface area contributed by atoms with Gasteiger partial charge in [-0.25, -0.2) is 0 Å². The van der Waals surface area contributed by atoms with Crippen molar-refractivity contribution < 1.29 is 48.6 Å². The first kappa shape index (κ1) is 35.6. The molecule has 3 N–H and O–H groups in total. The fraction of sp³-hybridized carbons (Fsp3) is 0.750. The molecule has 3 fully saturated rings. The lowest BCUT2D eigenvalue weighted by Crippen LogP contribution is -2.68. The number of methoxy groups -OCH3 is 1. The highest BCUT2D eigenvalue weighted by Gasteiger charge is 2.64. The molecule has 0 saturated carbocycles. The quantitative estimate of drug-likeness (QED) is 0.288. The van der Waals surface area contributed by atoms with Crippen molar-refractivity contribution in [3.05, 3.63) is 26.6 Å². The van der Waals surface area contributed by atoms with Crippen LogP contribution in [0.3, 0.4) is 0 Å². The van der Waals surface area contributed by atoms with Crippen LogP contribution in [-0.4, -0.2) is 70.4 Å². The van der Waals surface area contributed by atoms with E-state index in [-0.39, 0.29) is 36.5 Å². The van der Waals surface area contributed by atoms with Crippen LogP contribution in [0.25, 0.3) is 0 Å². The number of carbonyl (C=O) groups excluding carboxylic acids is 2. The topological polar surface area (TPSA) is 141 Å². The van der Waals surface area contributed by atoms with Crippen molar-refractivity contribution in [3.8, 4) is 5.75 Å². The summed E-state index contributed by atoms with van der Waals surface area (Å²) in [6.45, 7) is 11.3. The normalized spacial score (nSPS) is 36.2. The number of hydrogen-bond donors (Lipinski definition) is 3. The molecule has 1 spiro atoms. The number of cyclic esters (lactones) is 1. The standard InChI is InChI=1S/C32H46Br2O10/c1-16(8-9-24(40-7)20-10-23(36)22(34)11-21(20)33)29-18(3)26-14-32(43-29)30(5,6)13-17(2)31(39,44-32)15-28(38)41-25(19(4)35)12-27(37)42-26/h10-11,16-19,24-26,29,35-36,39H,8-9,12-15H2,1-7H3/t16-,17+,18?,19+,24-,25+,26-,29+,31-,32-/m0/s1. The van der Waals surface area contributed by atoms with Gasteiger partial charge in [0, 0.05) is 35.3 Å². The summed E-state index contributed by atoms with van der Waals surface area (Å²) in [6.07, 6.45) is -2.51. The number of hydrogen-bond acceptors (Lipinski definition) is 10. The molecule has 0 aromatic heterocycles. The van der Waals surface area contributed by atoms with E-state index in [9.17, 15) is 24.9 Å². The SMILES string of the molecule is CO[C@@H](CC[C@H](C)[C@H]1O[C@@]23C[C@H](OC(=O)C[C@H]([C@@H](C)O)OC(=O)C[C@](O)(O2)[C@H](C)CC3(C)C)C1C)c1cc(O)c(Br)cc1Br. The molecule has 12 heteroatoms. The van der Waals surface area contributed by atoms with E-state index in [2.05, 4.69) is 38.8 Å². The van der Waals surface area contributed by atoms with Crippen LogP contribution in [0.15, 0.2) is 21.1 Å². The van der Waals surface area contributed by atoms with E-state index in [1.54, 1.807) is 19.2 Å². The number of rotatable bonds is 7. The molecule has 1 aromatic carbocycles. The lowest BCUT2D eigenvalue weighted by molar-refractivity contribution is -0.452. The van der Waals surface area contributed by atoms with Crippen molar-refractivity contribution in [1.82, 2.24) is 0 Å². The van der Waals surface area contributed by atoms with E-state index in [0.29, 0.717) is 23.7 Å². The molecule has 3 saturated heterocycles. The lowest BCUT2D eigenvalue weighted by Gasteiger charge is -2.61. The zero-order valence-corrected chi connectivity index (χ0v) is 29.6. The highest BCUT2D eigenvalue weighted by atomic mass is 79.9. The van der Waals surface area contributed by atoms with Crippen LogP contribution >= 0.6 is 31.9 Å². The van der Waals surface area contributed by atoms with Gasteiger partial charge in [0.05, 0.1) is 35.6 Å². The van der Waals surface area contributed by atoms with E-state index in [4.69, 9.17) is 23.7 Å². The van der Waals surface area contributed by atoms with Gasteiger partial charge in [-0.1, -0.05) is 50.5 Å². The molecule has 3 aliphatic rings. The van der Waals surface area contributed by atoms with Gasteiger partial charge in [-0.2, -0.15) is 0 Å². The molecule has 3 bridgehead atoms. The van der Waals surface area contributed by atoms with Gasteiger partial charge in [0.2, 0.25) is 0 Å². The molecule has 0 amide bonds. The molecule has 3 heterocycles. The van der Waals surface area contributed by atoms with Crippen LogP contribution in [0.5, 0.6) is 5.75 Å². The number of carbonyl (C=O) groups is 2. The number of aliphatic hydroxyl groups is 2. The Hall–Kier alpha value is -1.28. The summed E-state index contributed by atoms with van der Waals surface area (Å²) in [4.78, 5) is 26.2. The number of benzene rings is 1. The molecule has 4 rings (SSSR count). The Bertz CT molecular complexity index is 1220. The fourth-order valence-corrected chi connectivity index (χ4v) is 8.28. The first-order chi connectivity index (χ1) is 20.4. The van der Waals surface area contributed by atoms with Gasteiger partial charge in [0.1, 0.15) is 18.0 Å². The van der Waals surface area contributed by atoms with Crippen molar-refractivity contribution >= 4 is 43.8 Å². The summed E-state index contributed by atoms with van der Waals surface area (Å²) < 4.78 is 32.2. The smallest absolute Gasteiger partial charge is 0.311 e. The molecular formula is C32H46Br2O10. The van der Waals surface area contributed by atoms with Crippen LogP contribution in [0, 0.1) is 23.2 Å². The Morgan fingerprint density at radius 1 is 1.05 bits per heavy atom. The highest BCUT2D eigenvalue weighted by molar-refractivity contribution is 9.11. The molecule has 10 nitrogen and oxygen atoms in total. The summed E-state index contributed by atoms with van der Waals surface area (Å²) in [5.74, 6) is -5.28. The molecular weight excluding hydrogens is 704 g/mol. The fourth-order valence-electron chi connectivity index (χ4n) is 7.03. The Morgan fingerprint density at radius 3 is 2.36 bits per heavy atom. The number of phenolic OH excluding ortho intramolecular Hbond substituents is 1. The zero-order chi connectivity index (χ0) is 32.8. The van der Waals surface area contributed by atoms with Crippen molar-refractivity contribution in [2.24, 2.45) is 23.2 Å². The molecule has 10 atom stereocenters. The summed E-state index contributed by atoms with van der Waals surface area (Å²) >= 11 is 6.92. The third kappa shape index (κ3) is 7.16. The Labute approximate surface area is 276 Å². The second-order valence-electron chi connectivity index (χ2n) is 13.6. The minimum Gasteiger partial charge on any atom is -0.507 e. The van der Waals surface area contributed by atoms with Crippen molar-refractivity contribution in [2.45, 2.75) is 122 Å². The number of aromatic hydroxyl groups is 1. The van der Waals surface area contributed by atoms with E-state index < -0.39 is 65.7 Å². The van der Waals surface area contributed by atoms with Crippen LogP contribution < -0.4 is 0 Å². The van der Waals surface area contributed by atoms with Gasteiger partial charge in [-0.15, -0.1) is 0 Å². The average Bonchev–Trinajstić information content (AvgIpc) is 2.91. The van der Waals surface area contributed by atoms with Crippen LogP contribution in [0.1, 0.15) is 91.7 Å². The van der Waals surface area contributed by atoms with Gasteiger partial charge in [-0.3, -0.25) is 9.59 Å². The third-order valence-electron chi connectivity index (χ3n) is 9.87. The largest absolute Gasteiger partial charge is 0.507 e. The Morgan fingerprint density at radius 2 is 1.73 bits per heavy atom. The van der Waals surface area contributed by atoms with Crippen molar-refractivity contribution in [2.75, 3.05) is 7.11 Å². The number of ether oxygens (including phenoxy) is 5. The number of aliphatic hydroxyl groups excluding tert-OH is 1. The Balaban J connectivity index is 1.67. The summed E-state index contributed by atoms with van der Waals surface area (Å²) in [6, 6.07) is 3.46. The predicted octanol–water partition coefficient (Wildman–Crippen LogP) is 5.91. The molecule has 44 heavy (non-hydrogen) atoms. The van der Waals surface area contributed by atoms with E-state index in [0.717, 1.165) is 10.0 Å². The van der Waals surface area contributed by atoms with E-state index >= 15 is 0 Å². The molecule has 0 radical (unpaired) electrons. The van der Waals surface area contributed by atoms with Gasteiger partial charge in [0.25, 0.3) is 0 Å². The molecule has 3 aliphatic heterocycles. The van der Waals surface area contributed by atoms with Crippen LogP contribution in [0.4, 0.5) is 0 Å². The summed E-state index contributed by atoms with van der Waals surface area (Å²) in [5, 5.41) is 32.4. The minimum absolute atomic E-state index is 0.0706. The van der Waals surface area contributed by atoms with Crippen LogP contribution in [-0.2, 0) is 33.3 Å². The summed E-state index contributed by atoms with van der Waals surface area (Å²) in [5.41, 5.74) is 0.193. The van der Waals surface area contributed by atoms with Crippen molar-refractivity contribution in [1.29, 1.82) is 0 Å². The molecule has 0 aliphatic carbocycles. The maximum Gasteiger partial charge on any atom is 0.311 e. The first-order valence-corrected chi connectivity index (χ1v) is 16.9. The maximum absolute atomic E-state index is 13.2.